The van der Waals surface area contributed by atoms with Crippen molar-refractivity contribution in [2.45, 2.75) is 20.0 Å². The number of nitrogens with zero attached hydrogens (tertiary/aromatic N) is 1. The van der Waals surface area contributed by atoms with Gasteiger partial charge in [-0.15, -0.1) is 0 Å². The molecule has 0 saturated carbocycles. The molecule has 2 aromatic heterocycles. The molecule has 4 rings (SSSR count). The van der Waals surface area contributed by atoms with E-state index in [1.807, 2.05) is 19.1 Å². The topological polar surface area (TPSA) is 90.5 Å². The summed E-state index contributed by atoms with van der Waals surface area (Å²) in [5.74, 6) is -0.167. The molecule has 0 bridgehead atoms. The van der Waals surface area contributed by atoms with Gasteiger partial charge in [0.25, 0.3) is 0 Å². The SMILES string of the molecule is CCCOC(=O)c1ncc2[nH]c3cccc(OCC(=O)c4ccc(Cl)cc4)c3c2c1COC. The summed E-state index contributed by atoms with van der Waals surface area (Å²) in [6.45, 7) is 2.24. The zero-order valence-electron chi connectivity index (χ0n) is 18.3. The van der Waals surface area contributed by atoms with Crippen LogP contribution in [0.2, 0.25) is 5.02 Å². The van der Waals surface area contributed by atoms with E-state index in [0.29, 0.717) is 34.9 Å². The number of rotatable bonds is 9. The molecular weight excluding hydrogens is 444 g/mol. The number of hydrogen-bond donors (Lipinski definition) is 1. The third-order valence-corrected chi connectivity index (χ3v) is 5.42. The van der Waals surface area contributed by atoms with E-state index in [4.69, 9.17) is 25.8 Å². The van der Waals surface area contributed by atoms with Crippen molar-refractivity contribution in [2.24, 2.45) is 0 Å². The Bertz CT molecular complexity index is 1310. The lowest BCUT2D eigenvalue weighted by Gasteiger charge is -2.11. The highest BCUT2D eigenvalue weighted by Gasteiger charge is 2.22. The quantitative estimate of drug-likeness (QED) is 0.264. The number of hydrogen-bond acceptors (Lipinski definition) is 6. The van der Waals surface area contributed by atoms with Gasteiger partial charge >= 0.3 is 5.97 Å². The van der Waals surface area contributed by atoms with Gasteiger partial charge in [0.05, 0.1) is 30.4 Å². The number of aromatic amines is 1. The van der Waals surface area contributed by atoms with Crippen molar-refractivity contribution < 1.29 is 23.8 Å². The lowest BCUT2D eigenvalue weighted by atomic mass is 10.0. The second-order valence-corrected chi connectivity index (χ2v) is 7.90. The summed E-state index contributed by atoms with van der Waals surface area (Å²) in [5, 5.41) is 2.05. The number of ether oxygens (including phenoxy) is 3. The Morgan fingerprint density at radius 2 is 1.85 bits per heavy atom. The molecule has 2 aromatic carbocycles. The molecule has 4 aromatic rings. The van der Waals surface area contributed by atoms with Crippen molar-refractivity contribution in [3.8, 4) is 5.75 Å². The first-order valence-electron chi connectivity index (χ1n) is 10.5. The van der Waals surface area contributed by atoms with Crippen LogP contribution in [0, 0.1) is 0 Å². The van der Waals surface area contributed by atoms with Crippen molar-refractivity contribution in [3.05, 3.63) is 70.5 Å². The molecule has 170 valence electrons. The second-order valence-electron chi connectivity index (χ2n) is 7.47. The van der Waals surface area contributed by atoms with Gasteiger partial charge in [-0.3, -0.25) is 4.79 Å². The van der Waals surface area contributed by atoms with Crippen LogP contribution in [-0.2, 0) is 16.1 Å². The van der Waals surface area contributed by atoms with E-state index in [1.165, 1.54) is 0 Å². The van der Waals surface area contributed by atoms with Crippen LogP contribution in [0.1, 0.15) is 39.8 Å². The fourth-order valence-corrected chi connectivity index (χ4v) is 3.80. The molecule has 0 amide bonds. The summed E-state index contributed by atoms with van der Waals surface area (Å²) in [7, 11) is 1.55. The molecule has 0 unspecified atom stereocenters. The molecule has 0 fully saturated rings. The fourth-order valence-electron chi connectivity index (χ4n) is 3.68. The monoisotopic (exact) mass is 466 g/mol. The number of carbonyl (C=O) groups excluding carboxylic acids is 2. The van der Waals surface area contributed by atoms with E-state index in [1.54, 1.807) is 43.6 Å². The standard InChI is InChI=1S/C25H23ClN2O5/c1-3-11-32-25(30)24-17(13-31-2)22-19(12-27-24)28-18-5-4-6-21(23(18)22)33-14-20(29)15-7-9-16(26)10-8-15/h4-10,12,28H,3,11,13-14H2,1-2H3. The minimum absolute atomic E-state index is 0.149. The molecule has 8 heteroatoms. The summed E-state index contributed by atoms with van der Waals surface area (Å²) in [4.78, 5) is 32.9. The number of aromatic nitrogens is 2. The number of benzene rings is 2. The van der Waals surface area contributed by atoms with Gasteiger partial charge in [0, 0.05) is 34.0 Å². The normalized spacial score (nSPS) is 11.1. The van der Waals surface area contributed by atoms with Crippen LogP contribution in [0.25, 0.3) is 21.8 Å². The third-order valence-electron chi connectivity index (χ3n) is 5.17. The molecule has 0 saturated heterocycles. The Labute approximate surface area is 195 Å². The maximum Gasteiger partial charge on any atom is 0.357 e. The Balaban J connectivity index is 1.76. The molecule has 33 heavy (non-hydrogen) atoms. The molecule has 0 aliphatic heterocycles. The van der Waals surface area contributed by atoms with Crippen molar-refractivity contribution >= 4 is 45.2 Å². The lowest BCUT2D eigenvalue weighted by Crippen LogP contribution is -2.13. The Morgan fingerprint density at radius 3 is 2.58 bits per heavy atom. The molecular formula is C25H23ClN2O5. The van der Waals surface area contributed by atoms with Gasteiger partial charge in [-0.25, -0.2) is 9.78 Å². The van der Waals surface area contributed by atoms with E-state index in [2.05, 4.69) is 9.97 Å². The second kappa shape index (κ2) is 10.0. The van der Waals surface area contributed by atoms with Gasteiger partial charge in [0.15, 0.2) is 18.1 Å². The number of halogens is 1. The molecule has 2 heterocycles. The highest BCUT2D eigenvalue weighted by molar-refractivity contribution is 6.30. The summed E-state index contributed by atoms with van der Waals surface area (Å²) < 4.78 is 16.7. The summed E-state index contributed by atoms with van der Waals surface area (Å²) in [6, 6.07) is 12.2. The van der Waals surface area contributed by atoms with Gasteiger partial charge in [-0.05, 0) is 42.8 Å². The average Bonchev–Trinajstić information content (AvgIpc) is 3.21. The van der Waals surface area contributed by atoms with Gasteiger partial charge in [0.1, 0.15) is 5.75 Å². The number of pyridine rings is 1. The van der Waals surface area contributed by atoms with E-state index in [0.717, 1.165) is 21.8 Å². The van der Waals surface area contributed by atoms with Crippen LogP contribution >= 0.6 is 11.6 Å². The zero-order valence-corrected chi connectivity index (χ0v) is 19.1. The smallest absolute Gasteiger partial charge is 0.357 e. The Hall–Kier alpha value is -3.42. The Morgan fingerprint density at radius 1 is 1.06 bits per heavy atom. The highest BCUT2D eigenvalue weighted by atomic mass is 35.5. The molecule has 1 N–H and O–H groups in total. The van der Waals surface area contributed by atoms with Crippen LogP contribution in [0.15, 0.2) is 48.7 Å². The van der Waals surface area contributed by atoms with Crippen molar-refractivity contribution in [1.29, 1.82) is 0 Å². The van der Waals surface area contributed by atoms with Crippen molar-refractivity contribution in [2.75, 3.05) is 20.3 Å². The van der Waals surface area contributed by atoms with Gasteiger partial charge in [-0.1, -0.05) is 24.6 Å². The number of ketones is 1. The van der Waals surface area contributed by atoms with E-state index in [-0.39, 0.29) is 24.7 Å². The predicted molar refractivity (Wildman–Crippen MR) is 126 cm³/mol. The van der Waals surface area contributed by atoms with Crippen molar-refractivity contribution in [3.63, 3.8) is 0 Å². The van der Waals surface area contributed by atoms with Crippen LogP contribution < -0.4 is 4.74 Å². The van der Waals surface area contributed by atoms with E-state index >= 15 is 0 Å². The Kier molecular flexibility index (Phi) is 6.91. The summed E-state index contributed by atoms with van der Waals surface area (Å²) >= 11 is 5.91. The number of fused-ring (bicyclic) bond motifs is 3. The van der Waals surface area contributed by atoms with Crippen LogP contribution in [0.5, 0.6) is 5.75 Å². The minimum Gasteiger partial charge on any atom is -0.485 e. The van der Waals surface area contributed by atoms with Gasteiger partial charge < -0.3 is 19.2 Å². The lowest BCUT2D eigenvalue weighted by molar-refractivity contribution is 0.0493. The average molecular weight is 467 g/mol. The maximum absolute atomic E-state index is 12.6. The van der Waals surface area contributed by atoms with Crippen LogP contribution in [0.4, 0.5) is 0 Å². The van der Waals surface area contributed by atoms with E-state index < -0.39 is 5.97 Å². The number of nitrogens with one attached hydrogen (secondary N) is 1. The molecule has 7 nitrogen and oxygen atoms in total. The van der Waals surface area contributed by atoms with Crippen LogP contribution in [0.3, 0.4) is 0 Å². The summed E-state index contributed by atoms with van der Waals surface area (Å²) in [5.41, 5.74) is 2.83. The third kappa shape index (κ3) is 4.69. The van der Waals surface area contributed by atoms with Crippen molar-refractivity contribution in [1.82, 2.24) is 9.97 Å². The highest BCUT2D eigenvalue weighted by Crippen LogP contribution is 2.36. The molecule has 0 aliphatic carbocycles. The molecule has 0 aliphatic rings. The zero-order chi connectivity index (χ0) is 23.4. The number of H-pyrrole nitrogens is 1. The minimum atomic E-state index is -0.503. The first-order chi connectivity index (χ1) is 16.0. The van der Waals surface area contributed by atoms with Gasteiger partial charge in [-0.2, -0.15) is 0 Å². The summed E-state index contributed by atoms with van der Waals surface area (Å²) in [6.07, 6.45) is 2.31. The number of Topliss-reactive ketones (excluding diaryl/α,β-unsaturated/α-hetero) is 1. The van der Waals surface area contributed by atoms with Gasteiger partial charge in [0.2, 0.25) is 0 Å². The number of carbonyl (C=O) groups is 2. The number of esters is 1. The number of methoxy groups -OCH3 is 1. The molecule has 0 spiro atoms. The largest absolute Gasteiger partial charge is 0.485 e. The fraction of sp³-hybridized carbons (Fsp3) is 0.240. The first kappa shape index (κ1) is 22.8. The first-order valence-corrected chi connectivity index (χ1v) is 10.9. The maximum atomic E-state index is 12.6. The van der Waals surface area contributed by atoms with E-state index in [9.17, 15) is 9.59 Å². The molecule has 0 radical (unpaired) electrons. The molecule has 0 atom stereocenters. The predicted octanol–water partition coefficient (Wildman–Crippen LogP) is 5.34. The van der Waals surface area contributed by atoms with Crippen LogP contribution in [-0.4, -0.2) is 42.0 Å².